The van der Waals surface area contributed by atoms with Crippen molar-refractivity contribution in [2.75, 3.05) is 20.6 Å². The molecular weight excluding hydrogens is 296 g/mol. The molecule has 0 radical (unpaired) electrons. The van der Waals surface area contributed by atoms with Gasteiger partial charge in [-0.15, -0.1) is 0 Å². The topological polar surface area (TPSA) is 62.6 Å². The Kier molecular flexibility index (Phi) is 4.54. The van der Waals surface area contributed by atoms with E-state index in [0.717, 1.165) is 10.8 Å². The first-order valence-electron chi connectivity index (χ1n) is 4.81. The normalized spacial score (nSPS) is 12.3. The Bertz CT molecular complexity index is 453. The molecule has 0 aliphatic carbocycles. The van der Waals surface area contributed by atoms with Gasteiger partial charge in [0.25, 0.3) is 0 Å². The number of hydrogen-bond donors (Lipinski definition) is 1. The lowest BCUT2D eigenvalue weighted by atomic mass is 10.4. The minimum Gasteiger partial charge on any atom is -0.452 e. The highest BCUT2D eigenvalue weighted by molar-refractivity contribution is 9.10. The van der Waals surface area contributed by atoms with Crippen LogP contribution in [0.1, 0.15) is 12.7 Å². The van der Waals surface area contributed by atoms with Crippen molar-refractivity contribution in [3.63, 3.8) is 0 Å². The van der Waals surface area contributed by atoms with E-state index in [2.05, 4.69) is 21.2 Å². The van der Waals surface area contributed by atoms with Crippen LogP contribution >= 0.6 is 15.9 Å². The van der Waals surface area contributed by atoms with Gasteiger partial charge < -0.3 is 9.73 Å². The predicted molar refractivity (Wildman–Crippen MR) is 64.7 cm³/mol. The van der Waals surface area contributed by atoms with Gasteiger partial charge in [0.15, 0.2) is 4.67 Å². The summed E-state index contributed by atoms with van der Waals surface area (Å²) in [5, 5.41) is 3.06. The second-order valence-corrected chi connectivity index (χ2v) is 6.26. The summed E-state index contributed by atoms with van der Waals surface area (Å²) in [7, 11) is -0.477. The third kappa shape index (κ3) is 2.85. The maximum atomic E-state index is 11.9. The number of nitrogens with one attached hydrogen (secondary N) is 1. The zero-order valence-electron chi connectivity index (χ0n) is 9.45. The summed E-state index contributed by atoms with van der Waals surface area (Å²) in [5.41, 5.74) is 0. The summed E-state index contributed by atoms with van der Waals surface area (Å²) in [5.74, 6) is 0.592. The molecule has 0 amide bonds. The molecule has 1 heterocycles. The van der Waals surface area contributed by atoms with Gasteiger partial charge in [0, 0.05) is 20.2 Å². The Hall–Kier alpha value is -0.370. The van der Waals surface area contributed by atoms with Crippen LogP contribution in [0.3, 0.4) is 0 Å². The number of nitrogens with zero attached hydrogens (tertiary/aromatic N) is 1. The zero-order chi connectivity index (χ0) is 12.3. The van der Waals surface area contributed by atoms with Gasteiger partial charge in [-0.05, 0) is 22.5 Å². The zero-order valence-corrected chi connectivity index (χ0v) is 11.9. The number of sulfonamides is 1. The molecule has 0 saturated heterocycles. The fourth-order valence-corrected chi connectivity index (χ4v) is 2.96. The molecule has 0 bridgehead atoms. The molecule has 92 valence electrons. The van der Waals surface area contributed by atoms with Crippen LogP contribution < -0.4 is 5.32 Å². The number of hydrogen-bond acceptors (Lipinski definition) is 4. The van der Waals surface area contributed by atoms with Crippen molar-refractivity contribution in [2.45, 2.75) is 18.4 Å². The molecule has 1 aromatic rings. The minimum absolute atomic E-state index is 0.158. The summed E-state index contributed by atoms with van der Waals surface area (Å²) in [4.78, 5) is 0.158. The summed E-state index contributed by atoms with van der Waals surface area (Å²) < 4.78 is 30.4. The molecule has 0 aliphatic rings. The minimum atomic E-state index is -3.45. The molecule has 1 N–H and O–H groups in total. The smallest absolute Gasteiger partial charge is 0.246 e. The Balaban J connectivity index is 3.03. The lowest BCUT2D eigenvalue weighted by Crippen LogP contribution is -2.22. The molecule has 1 aromatic heterocycles. The van der Waals surface area contributed by atoms with Crippen molar-refractivity contribution in [1.82, 2.24) is 9.62 Å². The fraction of sp³-hybridized carbons (Fsp3) is 0.556. The van der Waals surface area contributed by atoms with E-state index in [1.54, 1.807) is 0 Å². The Labute approximate surface area is 104 Å². The third-order valence-corrected chi connectivity index (χ3v) is 4.69. The van der Waals surface area contributed by atoms with E-state index in [9.17, 15) is 8.42 Å². The van der Waals surface area contributed by atoms with Crippen LogP contribution in [0.2, 0.25) is 0 Å². The van der Waals surface area contributed by atoms with Crippen LogP contribution in [0.15, 0.2) is 20.0 Å². The van der Waals surface area contributed by atoms with Gasteiger partial charge in [-0.3, -0.25) is 0 Å². The standard InChI is InChI=1S/C9H15BrN2O3S/c1-4-11-6-7-5-8(9(10)15-7)16(13,14)12(2)3/h5,11H,4,6H2,1-3H3. The molecule has 16 heavy (non-hydrogen) atoms. The van der Waals surface area contributed by atoms with Crippen molar-refractivity contribution in [3.8, 4) is 0 Å². The molecule has 5 nitrogen and oxygen atoms in total. The van der Waals surface area contributed by atoms with Gasteiger partial charge in [0.05, 0.1) is 6.54 Å². The molecule has 0 spiro atoms. The third-order valence-electron chi connectivity index (χ3n) is 2.01. The fourth-order valence-electron chi connectivity index (χ4n) is 1.11. The van der Waals surface area contributed by atoms with Crippen molar-refractivity contribution >= 4 is 26.0 Å². The van der Waals surface area contributed by atoms with Crippen molar-refractivity contribution in [3.05, 3.63) is 16.5 Å². The van der Waals surface area contributed by atoms with Gasteiger partial charge >= 0.3 is 0 Å². The van der Waals surface area contributed by atoms with Crippen LogP contribution in [-0.4, -0.2) is 33.4 Å². The van der Waals surface area contributed by atoms with Gasteiger partial charge in [0.2, 0.25) is 10.0 Å². The summed E-state index contributed by atoms with van der Waals surface area (Å²) in [6, 6.07) is 1.53. The first kappa shape index (κ1) is 13.7. The van der Waals surface area contributed by atoms with Gasteiger partial charge in [-0.2, -0.15) is 0 Å². The monoisotopic (exact) mass is 310 g/mol. The molecule has 0 atom stereocenters. The molecule has 0 unspecified atom stereocenters. The average molecular weight is 311 g/mol. The van der Waals surface area contributed by atoms with E-state index >= 15 is 0 Å². The molecule has 0 fully saturated rings. The molecular formula is C9H15BrN2O3S. The van der Waals surface area contributed by atoms with Crippen LogP contribution in [0.25, 0.3) is 0 Å². The lowest BCUT2D eigenvalue weighted by Gasteiger charge is -2.08. The summed E-state index contributed by atoms with van der Waals surface area (Å²) in [6.45, 7) is 3.28. The van der Waals surface area contributed by atoms with E-state index in [1.807, 2.05) is 6.92 Å². The maximum absolute atomic E-state index is 11.9. The first-order chi connectivity index (χ1) is 7.39. The van der Waals surface area contributed by atoms with E-state index < -0.39 is 10.0 Å². The van der Waals surface area contributed by atoms with E-state index in [4.69, 9.17) is 4.42 Å². The van der Waals surface area contributed by atoms with Crippen LogP contribution in [0, 0.1) is 0 Å². The van der Waals surface area contributed by atoms with E-state index in [-0.39, 0.29) is 9.56 Å². The highest BCUT2D eigenvalue weighted by Crippen LogP contribution is 2.27. The highest BCUT2D eigenvalue weighted by atomic mass is 79.9. The van der Waals surface area contributed by atoms with Gasteiger partial charge in [-0.1, -0.05) is 6.92 Å². The van der Waals surface area contributed by atoms with Crippen molar-refractivity contribution < 1.29 is 12.8 Å². The predicted octanol–water partition coefficient (Wildman–Crippen LogP) is 1.40. The Morgan fingerprint density at radius 3 is 2.62 bits per heavy atom. The Morgan fingerprint density at radius 1 is 1.50 bits per heavy atom. The lowest BCUT2D eigenvalue weighted by molar-refractivity contribution is 0.462. The first-order valence-corrected chi connectivity index (χ1v) is 7.04. The highest BCUT2D eigenvalue weighted by Gasteiger charge is 2.24. The number of halogens is 1. The number of furan rings is 1. The summed E-state index contributed by atoms with van der Waals surface area (Å²) in [6.07, 6.45) is 0. The maximum Gasteiger partial charge on any atom is 0.246 e. The molecule has 7 heteroatoms. The van der Waals surface area contributed by atoms with Gasteiger partial charge in [-0.25, -0.2) is 12.7 Å². The van der Waals surface area contributed by atoms with Crippen molar-refractivity contribution in [1.29, 1.82) is 0 Å². The van der Waals surface area contributed by atoms with Gasteiger partial charge in [0.1, 0.15) is 10.7 Å². The van der Waals surface area contributed by atoms with E-state index in [1.165, 1.54) is 20.2 Å². The Morgan fingerprint density at radius 2 is 2.12 bits per heavy atom. The number of rotatable bonds is 5. The van der Waals surface area contributed by atoms with Crippen LogP contribution in [0.5, 0.6) is 0 Å². The molecule has 0 aromatic carbocycles. The largest absolute Gasteiger partial charge is 0.452 e. The molecule has 1 rings (SSSR count). The van der Waals surface area contributed by atoms with Crippen LogP contribution in [0.4, 0.5) is 0 Å². The molecule has 0 saturated carbocycles. The SMILES string of the molecule is CCNCc1cc(S(=O)(=O)N(C)C)c(Br)o1. The second-order valence-electron chi connectivity index (χ2n) is 3.42. The van der Waals surface area contributed by atoms with Crippen molar-refractivity contribution in [2.24, 2.45) is 0 Å². The summed E-state index contributed by atoms with van der Waals surface area (Å²) >= 11 is 3.11. The van der Waals surface area contributed by atoms with E-state index in [0.29, 0.717) is 12.3 Å². The average Bonchev–Trinajstić information content (AvgIpc) is 2.57. The quantitative estimate of drug-likeness (QED) is 0.893. The molecule has 0 aliphatic heterocycles. The second kappa shape index (κ2) is 5.31. The van der Waals surface area contributed by atoms with Crippen LogP contribution in [-0.2, 0) is 16.6 Å².